The van der Waals surface area contributed by atoms with E-state index in [9.17, 15) is 9.59 Å². The normalized spacial score (nSPS) is 13.1. The summed E-state index contributed by atoms with van der Waals surface area (Å²) in [6, 6.07) is 15.1. The Morgan fingerprint density at radius 2 is 1.30 bits per heavy atom. The first-order valence-corrected chi connectivity index (χ1v) is 9.82. The molecule has 3 rings (SSSR count). The quantitative estimate of drug-likeness (QED) is 0.439. The first kappa shape index (κ1) is 19.2. The Bertz CT molecular complexity index is 765. The van der Waals surface area contributed by atoms with E-state index in [1.165, 1.54) is 10.5 Å². The van der Waals surface area contributed by atoms with Gasteiger partial charge in [-0.25, -0.2) is 0 Å². The SMILES string of the molecule is Cc1ccccc1OCCCCCCCCN1C(=O)c2ccccc2C1=O. The topological polar surface area (TPSA) is 46.6 Å². The molecule has 0 spiro atoms. The highest BCUT2D eigenvalue weighted by Crippen LogP contribution is 2.23. The summed E-state index contributed by atoms with van der Waals surface area (Å²) in [5.74, 6) is 0.673. The lowest BCUT2D eigenvalue weighted by Crippen LogP contribution is -2.30. The van der Waals surface area contributed by atoms with Crippen molar-refractivity contribution < 1.29 is 14.3 Å². The van der Waals surface area contributed by atoms with E-state index in [1.54, 1.807) is 24.3 Å². The monoisotopic (exact) mass is 365 g/mol. The highest BCUT2D eigenvalue weighted by molar-refractivity contribution is 6.21. The molecule has 0 unspecified atom stereocenters. The molecular weight excluding hydrogens is 338 g/mol. The van der Waals surface area contributed by atoms with Crippen molar-refractivity contribution in [2.24, 2.45) is 0 Å². The van der Waals surface area contributed by atoms with Gasteiger partial charge < -0.3 is 4.74 Å². The summed E-state index contributed by atoms with van der Waals surface area (Å²) in [4.78, 5) is 25.9. The fourth-order valence-corrected chi connectivity index (χ4v) is 3.42. The summed E-state index contributed by atoms with van der Waals surface area (Å²) in [7, 11) is 0. The number of hydrogen-bond donors (Lipinski definition) is 0. The molecule has 4 heteroatoms. The lowest BCUT2D eigenvalue weighted by atomic mass is 10.1. The molecule has 2 aromatic carbocycles. The largest absolute Gasteiger partial charge is 0.493 e. The number of carbonyl (C=O) groups excluding carboxylic acids is 2. The van der Waals surface area contributed by atoms with Gasteiger partial charge in [-0.05, 0) is 43.5 Å². The molecule has 0 N–H and O–H groups in total. The molecule has 2 amide bonds. The van der Waals surface area contributed by atoms with E-state index in [0.717, 1.165) is 50.9 Å². The van der Waals surface area contributed by atoms with E-state index in [1.807, 2.05) is 18.2 Å². The van der Waals surface area contributed by atoms with E-state index in [4.69, 9.17) is 4.74 Å². The maximum atomic E-state index is 12.3. The van der Waals surface area contributed by atoms with Crippen molar-refractivity contribution >= 4 is 11.8 Å². The average molecular weight is 365 g/mol. The number of fused-ring (bicyclic) bond motifs is 1. The number of aryl methyl sites for hydroxylation is 1. The van der Waals surface area contributed by atoms with E-state index < -0.39 is 0 Å². The molecule has 0 aliphatic carbocycles. The van der Waals surface area contributed by atoms with Gasteiger partial charge in [0.2, 0.25) is 0 Å². The van der Waals surface area contributed by atoms with Crippen LogP contribution >= 0.6 is 0 Å². The van der Waals surface area contributed by atoms with Crippen LogP contribution in [0.1, 0.15) is 64.8 Å². The number of benzene rings is 2. The van der Waals surface area contributed by atoms with Crippen LogP contribution in [0.15, 0.2) is 48.5 Å². The van der Waals surface area contributed by atoms with Crippen molar-refractivity contribution in [3.63, 3.8) is 0 Å². The van der Waals surface area contributed by atoms with Crippen LogP contribution in [0, 0.1) is 6.92 Å². The molecule has 1 aliphatic heterocycles. The summed E-state index contributed by atoms with van der Waals surface area (Å²) in [5.41, 5.74) is 2.25. The molecule has 0 saturated heterocycles. The Morgan fingerprint density at radius 3 is 1.96 bits per heavy atom. The van der Waals surface area contributed by atoms with E-state index in [2.05, 4.69) is 13.0 Å². The second-order valence-electron chi connectivity index (χ2n) is 7.04. The Labute approximate surface area is 161 Å². The standard InChI is InChI=1S/C23H27NO3/c1-18-12-6-9-15-21(18)27-17-11-5-3-2-4-10-16-24-22(25)19-13-7-8-14-20(19)23(24)26/h6-9,12-15H,2-5,10-11,16-17H2,1H3. The number of imide groups is 1. The van der Waals surface area contributed by atoms with Gasteiger partial charge in [-0.1, -0.05) is 56.0 Å². The van der Waals surface area contributed by atoms with Gasteiger partial charge in [0.05, 0.1) is 17.7 Å². The molecule has 27 heavy (non-hydrogen) atoms. The maximum absolute atomic E-state index is 12.3. The fraction of sp³-hybridized carbons (Fsp3) is 0.391. The summed E-state index contributed by atoms with van der Waals surface area (Å²) >= 11 is 0. The Balaban J connectivity index is 1.26. The minimum Gasteiger partial charge on any atom is -0.493 e. The van der Waals surface area contributed by atoms with Gasteiger partial charge in [0.1, 0.15) is 5.75 Å². The molecule has 142 valence electrons. The van der Waals surface area contributed by atoms with Crippen molar-refractivity contribution in [2.75, 3.05) is 13.2 Å². The Kier molecular flexibility index (Phi) is 6.64. The van der Waals surface area contributed by atoms with Crippen LogP contribution < -0.4 is 4.74 Å². The third-order valence-electron chi connectivity index (χ3n) is 5.01. The molecule has 0 radical (unpaired) electrons. The van der Waals surface area contributed by atoms with E-state index in [-0.39, 0.29) is 11.8 Å². The smallest absolute Gasteiger partial charge is 0.261 e. The van der Waals surface area contributed by atoms with Crippen LogP contribution in [-0.2, 0) is 0 Å². The lowest BCUT2D eigenvalue weighted by Gasteiger charge is -2.13. The second-order valence-corrected chi connectivity index (χ2v) is 7.04. The zero-order valence-corrected chi connectivity index (χ0v) is 15.9. The van der Waals surface area contributed by atoms with Crippen molar-refractivity contribution in [2.45, 2.75) is 45.4 Å². The van der Waals surface area contributed by atoms with Crippen LogP contribution in [0.4, 0.5) is 0 Å². The molecule has 4 nitrogen and oxygen atoms in total. The minimum absolute atomic E-state index is 0.149. The third kappa shape index (κ3) is 4.76. The number of unbranched alkanes of at least 4 members (excludes halogenated alkanes) is 5. The molecular formula is C23H27NO3. The summed E-state index contributed by atoms with van der Waals surface area (Å²) < 4.78 is 5.80. The van der Waals surface area contributed by atoms with Crippen molar-refractivity contribution in [3.8, 4) is 5.75 Å². The average Bonchev–Trinajstić information content (AvgIpc) is 2.93. The van der Waals surface area contributed by atoms with E-state index in [0.29, 0.717) is 17.7 Å². The summed E-state index contributed by atoms with van der Waals surface area (Å²) in [6.45, 7) is 3.33. The number of carbonyl (C=O) groups is 2. The van der Waals surface area contributed by atoms with Gasteiger partial charge in [0.25, 0.3) is 11.8 Å². The summed E-state index contributed by atoms with van der Waals surface area (Å²) in [6.07, 6.45) is 6.36. The molecule has 0 aromatic heterocycles. The Morgan fingerprint density at radius 1 is 0.741 bits per heavy atom. The number of nitrogens with zero attached hydrogens (tertiary/aromatic N) is 1. The first-order chi connectivity index (χ1) is 13.2. The predicted molar refractivity (Wildman–Crippen MR) is 106 cm³/mol. The number of rotatable bonds is 10. The van der Waals surface area contributed by atoms with Gasteiger partial charge in [0.15, 0.2) is 0 Å². The van der Waals surface area contributed by atoms with Gasteiger partial charge >= 0.3 is 0 Å². The third-order valence-corrected chi connectivity index (χ3v) is 5.01. The number of para-hydroxylation sites is 1. The predicted octanol–water partition coefficient (Wildman–Crippen LogP) is 5.01. The van der Waals surface area contributed by atoms with Crippen LogP contribution in [0.5, 0.6) is 5.75 Å². The zero-order valence-electron chi connectivity index (χ0n) is 15.9. The van der Waals surface area contributed by atoms with Crippen LogP contribution in [0.3, 0.4) is 0 Å². The van der Waals surface area contributed by atoms with Gasteiger partial charge in [-0.2, -0.15) is 0 Å². The van der Waals surface area contributed by atoms with E-state index >= 15 is 0 Å². The number of hydrogen-bond acceptors (Lipinski definition) is 3. The molecule has 0 saturated carbocycles. The second kappa shape index (κ2) is 9.36. The minimum atomic E-state index is -0.149. The highest BCUT2D eigenvalue weighted by Gasteiger charge is 2.34. The van der Waals surface area contributed by atoms with Gasteiger partial charge in [0, 0.05) is 6.54 Å². The first-order valence-electron chi connectivity index (χ1n) is 9.82. The highest BCUT2D eigenvalue weighted by atomic mass is 16.5. The molecule has 0 atom stereocenters. The van der Waals surface area contributed by atoms with Gasteiger partial charge in [-0.3, -0.25) is 14.5 Å². The molecule has 1 aliphatic rings. The lowest BCUT2D eigenvalue weighted by molar-refractivity contribution is 0.0651. The Hall–Kier alpha value is -2.62. The fourth-order valence-electron chi connectivity index (χ4n) is 3.42. The summed E-state index contributed by atoms with van der Waals surface area (Å²) in [5, 5.41) is 0. The molecule has 2 aromatic rings. The van der Waals surface area contributed by atoms with Crippen LogP contribution in [0.2, 0.25) is 0 Å². The van der Waals surface area contributed by atoms with Crippen molar-refractivity contribution in [1.82, 2.24) is 4.90 Å². The molecule has 1 heterocycles. The van der Waals surface area contributed by atoms with Crippen LogP contribution in [-0.4, -0.2) is 29.9 Å². The van der Waals surface area contributed by atoms with Crippen molar-refractivity contribution in [1.29, 1.82) is 0 Å². The maximum Gasteiger partial charge on any atom is 0.261 e. The molecule has 0 bridgehead atoms. The number of amides is 2. The van der Waals surface area contributed by atoms with Crippen molar-refractivity contribution in [3.05, 3.63) is 65.2 Å². The molecule has 0 fully saturated rings. The van der Waals surface area contributed by atoms with Gasteiger partial charge in [-0.15, -0.1) is 0 Å². The number of ether oxygens (including phenoxy) is 1. The van der Waals surface area contributed by atoms with Crippen LogP contribution in [0.25, 0.3) is 0 Å². The zero-order chi connectivity index (χ0) is 19.1.